The highest BCUT2D eigenvalue weighted by atomic mass is 16.5. The average Bonchev–Trinajstić information content (AvgIpc) is 3.10. The summed E-state index contributed by atoms with van der Waals surface area (Å²) in [5, 5.41) is 1.17. The molecule has 2 saturated heterocycles. The smallest absolute Gasteiger partial charge is 0.256 e. The van der Waals surface area contributed by atoms with Crippen LogP contribution in [0.25, 0.3) is 10.9 Å². The summed E-state index contributed by atoms with van der Waals surface area (Å²) in [5.41, 5.74) is 3.06. The highest BCUT2D eigenvalue weighted by molar-refractivity contribution is 6.06. The molecule has 1 N–H and O–H groups in total. The number of piperazine rings is 1. The molecule has 0 radical (unpaired) electrons. The molecule has 150 valence electrons. The second-order valence-electron chi connectivity index (χ2n) is 8.34. The van der Waals surface area contributed by atoms with Gasteiger partial charge in [0.25, 0.3) is 5.91 Å². The minimum atomic E-state index is 0.165. The summed E-state index contributed by atoms with van der Waals surface area (Å²) in [5.74, 6) is 0.165. The molecule has 3 aliphatic rings. The summed E-state index contributed by atoms with van der Waals surface area (Å²) in [6.07, 6.45) is 6.11. The minimum absolute atomic E-state index is 0.165. The molecule has 1 aliphatic carbocycles. The Bertz CT molecular complexity index is 830. The molecule has 0 unspecified atom stereocenters. The number of morpholine rings is 1. The zero-order chi connectivity index (χ0) is 18.9. The molecule has 5 rings (SSSR count). The zero-order valence-electron chi connectivity index (χ0n) is 16.5. The fraction of sp³-hybridized carbons (Fsp3) is 0.591. The second-order valence-corrected chi connectivity index (χ2v) is 8.34. The van der Waals surface area contributed by atoms with Gasteiger partial charge in [-0.2, -0.15) is 0 Å². The third-order valence-corrected chi connectivity index (χ3v) is 6.72. The summed E-state index contributed by atoms with van der Waals surface area (Å²) < 4.78 is 5.45. The van der Waals surface area contributed by atoms with Crippen LogP contribution in [-0.2, 0) is 11.3 Å². The van der Waals surface area contributed by atoms with Gasteiger partial charge in [0.1, 0.15) is 0 Å². The number of aromatic nitrogens is 1. The number of carbonyl (C=O) groups excluding carboxylic acids is 1. The fourth-order valence-corrected chi connectivity index (χ4v) is 4.73. The highest BCUT2D eigenvalue weighted by Crippen LogP contribution is 2.27. The predicted molar refractivity (Wildman–Crippen MR) is 110 cm³/mol. The lowest BCUT2D eigenvalue weighted by atomic mass is 9.91. The Labute approximate surface area is 166 Å². The number of fused-ring (bicyclic) bond motifs is 1. The monoisotopic (exact) mass is 382 g/mol. The van der Waals surface area contributed by atoms with Crippen molar-refractivity contribution in [3.8, 4) is 0 Å². The molecule has 2 aromatic rings. The predicted octanol–water partition coefficient (Wildman–Crippen LogP) is 2.31. The third kappa shape index (κ3) is 3.45. The molecular weight excluding hydrogens is 352 g/mol. The topological polar surface area (TPSA) is 51.8 Å². The number of benzene rings is 1. The SMILES string of the molecule is O=C(c1cccc2c(CN3CCOCC3)c[nH]c12)N1CCN(C2CCC2)CC1. The molecule has 0 atom stereocenters. The van der Waals surface area contributed by atoms with E-state index in [0.29, 0.717) is 0 Å². The Morgan fingerprint density at radius 1 is 1.07 bits per heavy atom. The van der Waals surface area contributed by atoms with Crippen LogP contribution in [0, 0.1) is 0 Å². The van der Waals surface area contributed by atoms with Gasteiger partial charge in [-0.25, -0.2) is 0 Å². The highest BCUT2D eigenvalue weighted by Gasteiger charge is 2.30. The Hall–Kier alpha value is -1.89. The number of nitrogens with one attached hydrogen (secondary N) is 1. The summed E-state index contributed by atoms with van der Waals surface area (Å²) >= 11 is 0. The number of hydrogen-bond donors (Lipinski definition) is 1. The van der Waals surface area contributed by atoms with Crippen molar-refractivity contribution in [3.05, 3.63) is 35.5 Å². The van der Waals surface area contributed by atoms with Crippen LogP contribution in [0.4, 0.5) is 0 Å². The van der Waals surface area contributed by atoms with Crippen LogP contribution < -0.4 is 0 Å². The number of H-pyrrole nitrogens is 1. The lowest BCUT2D eigenvalue weighted by molar-refractivity contribution is 0.0343. The van der Waals surface area contributed by atoms with E-state index in [-0.39, 0.29) is 5.91 Å². The molecule has 0 bridgehead atoms. The Kier molecular flexibility index (Phi) is 5.09. The van der Waals surface area contributed by atoms with Crippen molar-refractivity contribution < 1.29 is 9.53 Å². The normalized spacial score (nSPS) is 22.5. The molecule has 2 aliphatic heterocycles. The van der Waals surface area contributed by atoms with Crippen LogP contribution in [0.15, 0.2) is 24.4 Å². The van der Waals surface area contributed by atoms with E-state index < -0.39 is 0 Å². The van der Waals surface area contributed by atoms with Gasteiger partial charge in [0, 0.05) is 63.4 Å². The second kappa shape index (κ2) is 7.85. The molecule has 3 fully saturated rings. The molecule has 28 heavy (non-hydrogen) atoms. The van der Waals surface area contributed by atoms with Crippen molar-refractivity contribution in [3.63, 3.8) is 0 Å². The van der Waals surface area contributed by atoms with Crippen molar-refractivity contribution in [1.29, 1.82) is 0 Å². The first-order valence-corrected chi connectivity index (χ1v) is 10.7. The van der Waals surface area contributed by atoms with Crippen LogP contribution in [-0.4, -0.2) is 84.1 Å². The number of carbonyl (C=O) groups is 1. The summed E-state index contributed by atoms with van der Waals surface area (Å²) in [6.45, 7) is 8.16. The maximum atomic E-state index is 13.2. The maximum Gasteiger partial charge on any atom is 0.256 e. The van der Waals surface area contributed by atoms with E-state index in [2.05, 4.69) is 27.0 Å². The van der Waals surface area contributed by atoms with Crippen LogP contribution in [0.1, 0.15) is 35.2 Å². The molecule has 1 aromatic heterocycles. The number of nitrogens with zero attached hydrogens (tertiary/aromatic N) is 3. The number of hydrogen-bond acceptors (Lipinski definition) is 4. The molecule has 6 nitrogen and oxygen atoms in total. The Balaban J connectivity index is 1.30. The number of amides is 1. The fourth-order valence-electron chi connectivity index (χ4n) is 4.73. The molecule has 1 aromatic carbocycles. The van der Waals surface area contributed by atoms with Crippen molar-refractivity contribution in [1.82, 2.24) is 19.7 Å². The van der Waals surface area contributed by atoms with E-state index in [4.69, 9.17) is 4.74 Å². The molecule has 1 saturated carbocycles. The van der Waals surface area contributed by atoms with Gasteiger partial charge < -0.3 is 14.6 Å². The van der Waals surface area contributed by atoms with E-state index in [9.17, 15) is 4.79 Å². The standard InChI is InChI=1S/C22H30N4O2/c27-22(26-9-7-25(8-10-26)18-3-1-4-18)20-6-2-5-19-17(15-23-21(19)20)16-24-11-13-28-14-12-24/h2,5-6,15,18,23H,1,3-4,7-14,16H2. The lowest BCUT2D eigenvalue weighted by Crippen LogP contribution is -2.53. The minimum Gasteiger partial charge on any atom is -0.379 e. The van der Waals surface area contributed by atoms with E-state index in [0.717, 1.165) is 76.1 Å². The van der Waals surface area contributed by atoms with Crippen LogP contribution in [0.2, 0.25) is 0 Å². The average molecular weight is 383 g/mol. The van der Waals surface area contributed by atoms with Crippen LogP contribution in [0.5, 0.6) is 0 Å². The first-order chi connectivity index (χ1) is 13.8. The van der Waals surface area contributed by atoms with Crippen LogP contribution in [0.3, 0.4) is 0 Å². The number of aromatic amines is 1. The zero-order valence-corrected chi connectivity index (χ0v) is 16.5. The first kappa shape index (κ1) is 18.2. The molecule has 3 heterocycles. The lowest BCUT2D eigenvalue weighted by Gasteiger charge is -2.43. The van der Waals surface area contributed by atoms with Gasteiger partial charge in [0.2, 0.25) is 0 Å². The summed E-state index contributed by atoms with van der Waals surface area (Å²) in [6, 6.07) is 6.90. The van der Waals surface area contributed by atoms with E-state index >= 15 is 0 Å². The van der Waals surface area contributed by atoms with Gasteiger partial charge in [0.05, 0.1) is 24.3 Å². The van der Waals surface area contributed by atoms with Crippen molar-refractivity contribution in [2.24, 2.45) is 0 Å². The van der Waals surface area contributed by atoms with Gasteiger partial charge >= 0.3 is 0 Å². The van der Waals surface area contributed by atoms with Crippen molar-refractivity contribution >= 4 is 16.8 Å². The Morgan fingerprint density at radius 2 is 1.86 bits per heavy atom. The maximum absolute atomic E-state index is 13.2. The van der Waals surface area contributed by atoms with Gasteiger partial charge in [-0.15, -0.1) is 0 Å². The van der Waals surface area contributed by atoms with Crippen molar-refractivity contribution in [2.45, 2.75) is 31.8 Å². The number of ether oxygens (including phenoxy) is 1. The van der Waals surface area contributed by atoms with E-state index in [1.807, 2.05) is 17.0 Å². The van der Waals surface area contributed by atoms with Crippen LogP contribution >= 0.6 is 0 Å². The number of para-hydroxylation sites is 1. The molecule has 1 amide bonds. The largest absolute Gasteiger partial charge is 0.379 e. The first-order valence-electron chi connectivity index (χ1n) is 10.7. The number of rotatable bonds is 4. The molecule has 0 spiro atoms. The van der Waals surface area contributed by atoms with Gasteiger partial charge in [-0.3, -0.25) is 14.6 Å². The van der Waals surface area contributed by atoms with Gasteiger partial charge in [-0.05, 0) is 24.5 Å². The van der Waals surface area contributed by atoms with E-state index in [1.54, 1.807) is 0 Å². The molecule has 6 heteroatoms. The molecular formula is C22H30N4O2. The van der Waals surface area contributed by atoms with E-state index in [1.165, 1.54) is 30.2 Å². The van der Waals surface area contributed by atoms with Crippen molar-refractivity contribution in [2.75, 3.05) is 52.5 Å². The Morgan fingerprint density at radius 3 is 2.57 bits per heavy atom. The van der Waals surface area contributed by atoms with Gasteiger partial charge in [0.15, 0.2) is 0 Å². The quantitative estimate of drug-likeness (QED) is 0.882. The summed E-state index contributed by atoms with van der Waals surface area (Å²) in [7, 11) is 0. The van der Waals surface area contributed by atoms with Gasteiger partial charge in [-0.1, -0.05) is 18.6 Å². The third-order valence-electron chi connectivity index (χ3n) is 6.72. The summed E-state index contributed by atoms with van der Waals surface area (Å²) in [4.78, 5) is 23.7.